The first-order valence-electron chi connectivity index (χ1n) is 5.06. The van der Waals surface area contributed by atoms with Gasteiger partial charge in [-0.1, -0.05) is 6.92 Å². The summed E-state index contributed by atoms with van der Waals surface area (Å²) in [5.74, 6) is 1.18. The number of thioether (sulfide) groups is 1. The molecule has 0 bridgehead atoms. The lowest BCUT2D eigenvalue weighted by atomic mass is 9.88. The Hall–Kier alpha value is -0.410. The molecule has 1 aromatic heterocycles. The number of rotatable bonds is 2. The molecule has 1 N–H and O–H groups in total. The van der Waals surface area contributed by atoms with Gasteiger partial charge in [-0.05, 0) is 30.2 Å². The van der Waals surface area contributed by atoms with Gasteiger partial charge in [-0.3, -0.25) is 0 Å². The minimum Gasteiger partial charge on any atom is -0.472 e. The van der Waals surface area contributed by atoms with Crippen molar-refractivity contribution in [3.05, 3.63) is 24.2 Å². The monoisotopic (exact) mass is 212 g/mol. The maximum atomic E-state index is 10.4. The van der Waals surface area contributed by atoms with Crippen LogP contribution in [0.15, 0.2) is 23.0 Å². The normalized spacial score (nSPS) is 33.1. The SMILES string of the molecule is CC1SCCCC1(O)Cc1ccoc1. The Morgan fingerprint density at radius 3 is 3.21 bits per heavy atom. The highest BCUT2D eigenvalue weighted by Crippen LogP contribution is 2.36. The highest BCUT2D eigenvalue weighted by molar-refractivity contribution is 8.00. The zero-order chi connectivity index (χ0) is 10.0. The van der Waals surface area contributed by atoms with Crippen molar-refractivity contribution in [2.24, 2.45) is 0 Å². The van der Waals surface area contributed by atoms with E-state index in [-0.39, 0.29) is 0 Å². The summed E-state index contributed by atoms with van der Waals surface area (Å²) in [4.78, 5) is 0. The molecule has 14 heavy (non-hydrogen) atoms. The smallest absolute Gasteiger partial charge is 0.0935 e. The zero-order valence-corrected chi connectivity index (χ0v) is 9.22. The minimum absolute atomic E-state index is 0.325. The average Bonchev–Trinajstić information content (AvgIpc) is 2.63. The van der Waals surface area contributed by atoms with Crippen LogP contribution in [0.1, 0.15) is 25.3 Å². The Morgan fingerprint density at radius 2 is 2.57 bits per heavy atom. The van der Waals surface area contributed by atoms with Crippen molar-refractivity contribution in [1.82, 2.24) is 0 Å². The molecule has 1 aliphatic rings. The molecule has 1 fully saturated rings. The van der Waals surface area contributed by atoms with E-state index in [2.05, 4.69) is 6.92 Å². The molecule has 0 saturated carbocycles. The molecule has 2 heterocycles. The topological polar surface area (TPSA) is 33.4 Å². The number of hydrogen-bond donors (Lipinski definition) is 1. The minimum atomic E-state index is -0.535. The van der Waals surface area contributed by atoms with Gasteiger partial charge in [-0.25, -0.2) is 0 Å². The standard InChI is InChI=1S/C11H16O2S/c1-9-11(12,4-2-6-14-9)7-10-3-5-13-8-10/h3,5,8-9,12H,2,4,6-7H2,1H3. The molecule has 2 atom stereocenters. The third-order valence-corrected chi connectivity index (χ3v) is 4.43. The van der Waals surface area contributed by atoms with Crippen molar-refractivity contribution < 1.29 is 9.52 Å². The van der Waals surface area contributed by atoms with Crippen LogP contribution in [0.3, 0.4) is 0 Å². The molecule has 0 spiro atoms. The third kappa shape index (κ3) is 1.98. The first kappa shape index (κ1) is 10.1. The summed E-state index contributed by atoms with van der Waals surface area (Å²) in [7, 11) is 0. The van der Waals surface area contributed by atoms with Crippen LogP contribution in [-0.2, 0) is 6.42 Å². The van der Waals surface area contributed by atoms with Crippen molar-refractivity contribution >= 4 is 11.8 Å². The summed E-state index contributed by atoms with van der Waals surface area (Å²) in [6, 6.07) is 1.93. The Kier molecular flexibility index (Phi) is 2.88. The predicted molar refractivity (Wildman–Crippen MR) is 58.5 cm³/mol. The van der Waals surface area contributed by atoms with E-state index in [4.69, 9.17) is 4.42 Å². The highest BCUT2D eigenvalue weighted by Gasteiger charge is 2.36. The highest BCUT2D eigenvalue weighted by atomic mass is 32.2. The van der Waals surface area contributed by atoms with Crippen molar-refractivity contribution in [3.63, 3.8) is 0 Å². The van der Waals surface area contributed by atoms with Crippen LogP contribution in [-0.4, -0.2) is 21.7 Å². The predicted octanol–water partition coefficient (Wildman–Crippen LogP) is 2.47. The lowest BCUT2D eigenvalue weighted by Crippen LogP contribution is -2.43. The van der Waals surface area contributed by atoms with Gasteiger partial charge in [0.25, 0.3) is 0 Å². The fourth-order valence-corrected chi connectivity index (χ4v) is 3.15. The van der Waals surface area contributed by atoms with Crippen LogP contribution in [0.25, 0.3) is 0 Å². The number of furan rings is 1. The lowest BCUT2D eigenvalue weighted by molar-refractivity contribution is 0.0296. The molecule has 1 saturated heterocycles. The Labute approximate surface area is 88.7 Å². The van der Waals surface area contributed by atoms with Crippen LogP contribution in [0, 0.1) is 0 Å². The van der Waals surface area contributed by atoms with Gasteiger partial charge >= 0.3 is 0 Å². The molecule has 0 aromatic carbocycles. The van der Waals surface area contributed by atoms with Gasteiger partial charge in [0, 0.05) is 11.7 Å². The largest absolute Gasteiger partial charge is 0.472 e. The maximum Gasteiger partial charge on any atom is 0.0935 e. The number of hydrogen-bond acceptors (Lipinski definition) is 3. The third-order valence-electron chi connectivity index (χ3n) is 2.97. The van der Waals surface area contributed by atoms with Crippen molar-refractivity contribution in [3.8, 4) is 0 Å². The van der Waals surface area contributed by atoms with Crippen molar-refractivity contribution in [1.29, 1.82) is 0 Å². The lowest BCUT2D eigenvalue weighted by Gasteiger charge is -2.37. The van der Waals surface area contributed by atoms with E-state index in [0.29, 0.717) is 5.25 Å². The summed E-state index contributed by atoms with van der Waals surface area (Å²) in [6.07, 6.45) is 6.14. The molecule has 0 aliphatic carbocycles. The quantitative estimate of drug-likeness (QED) is 0.817. The van der Waals surface area contributed by atoms with E-state index >= 15 is 0 Å². The molecule has 2 unspecified atom stereocenters. The van der Waals surface area contributed by atoms with Crippen LogP contribution < -0.4 is 0 Å². The van der Waals surface area contributed by atoms with Crippen LogP contribution in [0.2, 0.25) is 0 Å². The van der Waals surface area contributed by atoms with Gasteiger partial charge in [0.1, 0.15) is 0 Å². The Balaban J connectivity index is 2.07. The Morgan fingerprint density at radius 1 is 1.71 bits per heavy atom. The first-order chi connectivity index (χ1) is 6.71. The molecule has 1 aliphatic heterocycles. The van der Waals surface area contributed by atoms with Gasteiger partial charge in [0.2, 0.25) is 0 Å². The van der Waals surface area contributed by atoms with E-state index in [1.807, 2.05) is 17.8 Å². The average molecular weight is 212 g/mol. The fraction of sp³-hybridized carbons (Fsp3) is 0.636. The van der Waals surface area contributed by atoms with E-state index in [1.54, 1.807) is 12.5 Å². The maximum absolute atomic E-state index is 10.4. The molecule has 0 amide bonds. The molecular weight excluding hydrogens is 196 g/mol. The van der Waals surface area contributed by atoms with Crippen LogP contribution in [0.4, 0.5) is 0 Å². The summed E-state index contributed by atoms with van der Waals surface area (Å²) >= 11 is 1.87. The van der Waals surface area contributed by atoms with Crippen molar-refractivity contribution in [2.45, 2.75) is 37.0 Å². The van der Waals surface area contributed by atoms with Gasteiger partial charge < -0.3 is 9.52 Å². The molecule has 78 valence electrons. The van der Waals surface area contributed by atoms with Gasteiger partial charge in [0.05, 0.1) is 18.1 Å². The molecule has 3 heteroatoms. The summed E-state index contributed by atoms with van der Waals surface area (Å²) in [5, 5.41) is 10.8. The van der Waals surface area contributed by atoms with Crippen LogP contribution in [0.5, 0.6) is 0 Å². The molecule has 2 rings (SSSR count). The summed E-state index contributed by atoms with van der Waals surface area (Å²) < 4.78 is 5.02. The second kappa shape index (κ2) is 3.99. The first-order valence-corrected chi connectivity index (χ1v) is 6.11. The summed E-state index contributed by atoms with van der Waals surface area (Å²) in [6.45, 7) is 2.11. The second-order valence-electron chi connectivity index (χ2n) is 4.03. The Bertz CT molecular complexity index is 283. The molecular formula is C11H16O2S. The molecule has 0 radical (unpaired) electrons. The van der Waals surface area contributed by atoms with Gasteiger partial charge in [-0.15, -0.1) is 0 Å². The summed E-state index contributed by atoms with van der Waals surface area (Å²) in [5.41, 5.74) is 0.564. The molecule has 2 nitrogen and oxygen atoms in total. The fourth-order valence-electron chi connectivity index (χ4n) is 1.98. The number of aliphatic hydroxyl groups is 1. The zero-order valence-electron chi connectivity index (χ0n) is 8.40. The van der Waals surface area contributed by atoms with E-state index in [0.717, 1.165) is 24.8 Å². The van der Waals surface area contributed by atoms with Gasteiger partial charge in [0.15, 0.2) is 0 Å². The van der Waals surface area contributed by atoms with Crippen molar-refractivity contribution in [2.75, 3.05) is 5.75 Å². The van der Waals surface area contributed by atoms with E-state index in [9.17, 15) is 5.11 Å². The van der Waals surface area contributed by atoms with E-state index < -0.39 is 5.60 Å². The van der Waals surface area contributed by atoms with E-state index in [1.165, 1.54) is 5.75 Å². The molecule has 1 aromatic rings. The van der Waals surface area contributed by atoms with Gasteiger partial charge in [-0.2, -0.15) is 11.8 Å². The van der Waals surface area contributed by atoms with Crippen LogP contribution >= 0.6 is 11.8 Å². The second-order valence-corrected chi connectivity index (χ2v) is 5.48.